The summed E-state index contributed by atoms with van der Waals surface area (Å²) >= 11 is 0. The number of nitrogens with two attached hydrogens (primary N) is 1. The van der Waals surface area contributed by atoms with E-state index in [4.69, 9.17) is 10.5 Å². The topological polar surface area (TPSA) is 62.9 Å². The lowest BCUT2D eigenvalue weighted by Crippen LogP contribution is -2.48. The summed E-state index contributed by atoms with van der Waals surface area (Å²) in [6.07, 6.45) is 4.66. The summed E-state index contributed by atoms with van der Waals surface area (Å²) < 4.78 is 5.72. The molecule has 1 aliphatic carbocycles. The van der Waals surface area contributed by atoms with E-state index in [0.29, 0.717) is 18.2 Å². The van der Waals surface area contributed by atoms with Crippen LogP contribution in [0.4, 0.5) is 0 Å². The summed E-state index contributed by atoms with van der Waals surface area (Å²) in [5, 5.41) is 3.21. The van der Waals surface area contributed by atoms with Gasteiger partial charge in [0.2, 0.25) is 0 Å². The van der Waals surface area contributed by atoms with Gasteiger partial charge in [0.05, 0.1) is 12.2 Å². The van der Waals surface area contributed by atoms with E-state index < -0.39 is 0 Å². The zero-order chi connectivity index (χ0) is 13.7. The highest BCUT2D eigenvalue weighted by Gasteiger charge is 2.21. The first-order valence-electron chi connectivity index (χ1n) is 7.55. The van der Waals surface area contributed by atoms with Crippen LogP contribution in [0.25, 0.3) is 0 Å². The molecule has 0 spiro atoms. The SMILES string of the molecule is CC1CN(CCNC(N)=NCC2CCC2)CC(C)O1. The van der Waals surface area contributed by atoms with Crippen molar-refractivity contribution in [3.8, 4) is 0 Å². The van der Waals surface area contributed by atoms with E-state index in [-0.39, 0.29) is 0 Å². The van der Waals surface area contributed by atoms with Crippen LogP contribution in [0.15, 0.2) is 4.99 Å². The molecule has 2 aliphatic rings. The van der Waals surface area contributed by atoms with Gasteiger partial charge in [0.25, 0.3) is 0 Å². The van der Waals surface area contributed by atoms with Crippen molar-refractivity contribution in [2.45, 2.75) is 45.3 Å². The minimum absolute atomic E-state index is 0.327. The maximum absolute atomic E-state index is 5.87. The number of aliphatic imine (C=N–C) groups is 1. The predicted octanol–water partition coefficient (Wildman–Crippen LogP) is 0.800. The van der Waals surface area contributed by atoms with E-state index in [2.05, 4.69) is 29.1 Å². The number of nitrogens with one attached hydrogen (secondary N) is 1. The molecule has 110 valence electrons. The number of rotatable bonds is 5. The van der Waals surface area contributed by atoms with Crippen LogP contribution in [0.3, 0.4) is 0 Å². The summed E-state index contributed by atoms with van der Waals surface area (Å²) in [5.41, 5.74) is 5.87. The fourth-order valence-electron chi connectivity index (χ4n) is 2.77. The van der Waals surface area contributed by atoms with Crippen LogP contribution in [0, 0.1) is 5.92 Å². The maximum atomic E-state index is 5.87. The van der Waals surface area contributed by atoms with Crippen LogP contribution in [0.5, 0.6) is 0 Å². The monoisotopic (exact) mass is 268 g/mol. The molecular formula is C14H28N4O. The zero-order valence-corrected chi connectivity index (χ0v) is 12.3. The Bertz CT molecular complexity index is 294. The lowest BCUT2D eigenvalue weighted by molar-refractivity contribution is -0.0672. The molecule has 2 unspecified atom stereocenters. The molecule has 3 N–H and O–H groups in total. The van der Waals surface area contributed by atoms with E-state index in [1.807, 2.05) is 0 Å². The van der Waals surface area contributed by atoms with Crippen molar-refractivity contribution in [2.75, 3.05) is 32.7 Å². The van der Waals surface area contributed by atoms with Crippen LogP contribution in [0.2, 0.25) is 0 Å². The lowest BCUT2D eigenvalue weighted by Gasteiger charge is -2.35. The average molecular weight is 268 g/mol. The van der Waals surface area contributed by atoms with Crippen LogP contribution < -0.4 is 11.1 Å². The number of nitrogens with zero attached hydrogens (tertiary/aromatic N) is 2. The summed E-state index contributed by atoms with van der Waals surface area (Å²) in [4.78, 5) is 6.82. The molecule has 0 bridgehead atoms. The van der Waals surface area contributed by atoms with E-state index in [0.717, 1.165) is 38.6 Å². The maximum Gasteiger partial charge on any atom is 0.188 e. The summed E-state index contributed by atoms with van der Waals surface area (Å²) in [6, 6.07) is 0. The van der Waals surface area contributed by atoms with Gasteiger partial charge in [-0.15, -0.1) is 0 Å². The molecule has 5 nitrogen and oxygen atoms in total. The zero-order valence-electron chi connectivity index (χ0n) is 12.3. The van der Waals surface area contributed by atoms with Gasteiger partial charge in [-0.1, -0.05) is 6.42 Å². The Kier molecular flexibility index (Phi) is 5.45. The Morgan fingerprint density at radius 1 is 1.32 bits per heavy atom. The molecule has 0 aromatic rings. The smallest absolute Gasteiger partial charge is 0.188 e. The van der Waals surface area contributed by atoms with Gasteiger partial charge in [-0.3, -0.25) is 9.89 Å². The molecule has 1 heterocycles. The van der Waals surface area contributed by atoms with Gasteiger partial charge in [0.1, 0.15) is 0 Å². The molecule has 1 saturated heterocycles. The number of ether oxygens (including phenoxy) is 1. The van der Waals surface area contributed by atoms with Gasteiger partial charge >= 0.3 is 0 Å². The number of hydrogen-bond donors (Lipinski definition) is 2. The van der Waals surface area contributed by atoms with Crippen molar-refractivity contribution in [3.05, 3.63) is 0 Å². The minimum atomic E-state index is 0.327. The second-order valence-corrected chi connectivity index (χ2v) is 5.97. The fourth-order valence-corrected chi connectivity index (χ4v) is 2.77. The molecule has 0 radical (unpaired) electrons. The Labute approximate surface area is 116 Å². The van der Waals surface area contributed by atoms with Gasteiger partial charge in [-0.05, 0) is 32.6 Å². The molecule has 2 fully saturated rings. The number of morpholine rings is 1. The van der Waals surface area contributed by atoms with Gasteiger partial charge in [0.15, 0.2) is 5.96 Å². The van der Waals surface area contributed by atoms with E-state index in [9.17, 15) is 0 Å². The molecular weight excluding hydrogens is 240 g/mol. The molecule has 2 atom stereocenters. The highest BCUT2D eigenvalue weighted by molar-refractivity contribution is 5.77. The molecule has 0 aromatic heterocycles. The molecule has 0 aromatic carbocycles. The first kappa shape index (κ1) is 14.6. The van der Waals surface area contributed by atoms with Crippen molar-refractivity contribution in [1.82, 2.24) is 10.2 Å². The van der Waals surface area contributed by atoms with Gasteiger partial charge in [-0.25, -0.2) is 0 Å². The van der Waals surface area contributed by atoms with Crippen molar-refractivity contribution in [2.24, 2.45) is 16.6 Å². The Hall–Kier alpha value is -0.810. The van der Waals surface area contributed by atoms with Gasteiger partial charge in [0, 0.05) is 32.7 Å². The largest absolute Gasteiger partial charge is 0.373 e. The normalized spacial score (nSPS) is 30.1. The summed E-state index contributed by atoms with van der Waals surface area (Å²) in [5.74, 6) is 1.38. The van der Waals surface area contributed by atoms with Gasteiger partial charge < -0.3 is 15.8 Å². The first-order chi connectivity index (χ1) is 9.13. The highest BCUT2D eigenvalue weighted by atomic mass is 16.5. The lowest BCUT2D eigenvalue weighted by atomic mass is 9.86. The summed E-state index contributed by atoms with van der Waals surface area (Å²) in [7, 11) is 0. The van der Waals surface area contributed by atoms with Crippen LogP contribution in [0.1, 0.15) is 33.1 Å². The first-order valence-corrected chi connectivity index (χ1v) is 7.55. The standard InChI is InChI=1S/C14H28N4O/c1-11-9-18(10-12(2)19-11)7-6-16-14(15)17-8-13-4-3-5-13/h11-13H,3-10H2,1-2H3,(H3,15,16,17). The average Bonchev–Trinajstić information content (AvgIpc) is 2.25. The quantitative estimate of drug-likeness (QED) is 0.572. The highest BCUT2D eigenvalue weighted by Crippen LogP contribution is 2.26. The third kappa shape index (κ3) is 4.99. The third-order valence-electron chi connectivity index (χ3n) is 3.97. The minimum Gasteiger partial charge on any atom is -0.373 e. The fraction of sp³-hybridized carbons (Fsp3) is 0.929. The summed E-state index contributed by atoms with van der Waals surface area (Å²) in [6.45, 7) is 9.02. The molecule has 1 aliphatic heterocycles. The van der Waals surface area contributed by atoms with Crippen molar-refractivity contribution in [3.63, 3.8) is 0 Å². The van der Waals surface area contributed by atoms with Gasteiger partial charge in [-0.2, -0.15) is 0 Å². The Morgan fingerprint density at radius 3 is 2.58 bits per heavy atom. The van der Waals surface area contributed by atoms with Crippen LogP contribution in [-0.2, 0) is 4.74 Å². The van der Waals surface area contributed by atoms with Crippen molar-refractivity contribution < 1.29 is 4.74 Å². The predicted molar refractivity (Wildman–Crippen MR) is 78.3 cm³/mol. The second kappa shape index (κ2) is 7.10. The molecule has 0 amide bonds. The van der Waals surface area contributed by atoms with E-state index in [1.54, 1.807) is 0 Å². The number of guanidine groups is 1. The Morgan fingerprint density at radius 2 is 2.00 bits per heavy atom. The molecule has 2 rings (SSSR count). The molecule has 5 heteroatoms. The van der Waals surface area contributed by atoms with E-state index in [1.165, 1.54) is 19.3 Å². The second-order valence-electron chi connectivity index (χ2n) is 5.97. The molecule has 1 saturated carbocycles. The number of hydrogen-bond acceptors (Lipinski definition) is 3. The Balaban J connectivity index is 1.59. The van der Waals surface area contributed by atoms with Crippen molar-refractivity contribution >= 4 is 5.96 Å². The van der Waals surface area contributed by atoms with E-state index >= 15 is 0 Å². The molecule has 19 heavy (non-hydrogen) atoms. The third-order valence-corrected chi connectivity index (χ3v) is 3.97. The van der Waals surface area contributed by atoms with Crippen molar-refractivity contribution in [1.29, 1.82) is 0 Å². The van der Waals surface area contributed by atoms with Crippen LogP contribution in [-0.4, -0.2) is 55.8 Å². The van der Waals surface area contributed by atoms with Crippen LogP contribution >= 0.6 is 0 Å².